The highest BCUT2D eigenvalue weighted by Gasteiger charge is 2.46. The maximum atomic E-state index is 13.3. The van der Waals surface area contributed by atoms with E-state index in [2.05, 4.69) is 39.8 Å². The van der Waals surface area contributed by atoms with Gasteiger partial charge >= 0.3 is 6.18 Å². The lowest BCUT2D eigenvalue weighted by Crippen LogP contribution is -2.37. The molecular formula is C54H51F3O9. The molecule has 0 radical (unpaired) electrons. The Kier molecular flexibility index (Phi) is 13.6. The molecule has 9 rings (SSSR count). The van der Waals surface area contributed by atoms with E-state index in [1.807, 2.05) is 36.4 Å². The molecule has 0 fully saturated rings. The number of alkyl halides is 3. The van der Waals surface area contributed by atoms with E-state index >= 15 is 0 Å². The Bertz CT molecular complexity index is 2620. The molecule has 3 unspecified atom stereocenters. The highest BCUT2D eigenvalue weighted by Crippen LogP contribution is 2.44. The van der Waals surface area contributed by atoms with Gasteiger partial charge in [-0.15, -0.1) is 0 Å². The maximum absolute atomic E-state index is 13.3. The minimum Gasteiger partial charge on any atom is -0.508 e. The largest absolute Gasteiger partial charge is 0.508 e. The molecule has 9 nitrogen and oxygen atoms in total. The molecule has 342 valence electrons. The number of phenols is 6. The Hall–Kier alpha value is -7.47. The van der Waals surface area contributed by atoms with Crippen LogP contribution >= 0.6 is 0 Å². The van der Waals surface area contributed by atoms with Crippen LogP contribution < -0.4 is 14.2 Å². The first-order valence-electron chi connectivity index (χ1n) is 21.4. The Morgan fingerprint density at radius 3 is 1.15 bits per heavy atom. The average Bonchev–Trinajstić information content (AvgIpc) is 3.28. The molecule has 0 spiro atoms. The average molecular weight is 901 g/mol. The molecule has 0 bridgehead atoms. The van der Waals surface area contributed by atoms with Crippen molar-refractivity contribution in [2.45, 2.75) is 71.4 Å². The number of halogens is 3. The van der Waals surface area contributed by atoms with Gasteiger partial charge in [0.25, 0.3) is 0 Å². The predicted molar refractivity (Wildman–Crippen MR) is 251 cm³/mol. The van der Waals surface area contributed by atoms with Crippen LogP contribution in [-0.4, -0.2) is 55.1 Å². The van der Waals surface area contributed by atoms with Crippen LogP contribution in [0.3, 0.4) is 0 Å². The van der Waals surface area contributed by atoms with E-state index in [9.17, 15) is 43.8 Å². The number of ether oxygens (including phenoxy) is 3. The number of benzene rings is 6. The van der Waals surface area contributed by atoms with Crippen LogP contribution in [0.25, 0.3) is 34.9 Å². The zero-order valence-corrected chi connectivity index (χ0v) is 36.8. The quantitative estimate of drug-likeness (QED) is 0.0960. The van der Waals surface area contributed by atoms with Crippen molar-refractivity contribution in [2.24, 2.45) is 5.41 Å². The van der Waals surface area contributed by atoms with Crippen LogP contribution in [0.2, 0.25) is 0 Å². The second kappa shape index (κ2) is 19.3. The second-order valence-corrected chi connectivity index (χ2v) is 17.3. The molecule has 0 saturated heterocycles. The first kappa shape index (κ1) is 46.5. The van der Waals surface area contributed by atoms with E-state index in [4.69, 9.17) is 14.2 Å². The van der Waals surface area contributed by atoms with Crippen molar-refractivity contribution >= 4 is 34.9 Å². The lowest BCUT2D eigenvalue weighted by atomic mass is 9.80. The molecule has 6 N–H and O–H groups in total. The third-order valence-corrected chi connectivity index (χ3v) is 11.1. The number of unbranched alkanes of at least 4 members (excludes halogenated alkanes) is 1. The molecule has 0 amide bonds. The number of hydrogen-bond acceptors (Lipinski definition) is 9. The molecular weight excluding hydrogens is 850 g/mol. The van der Waals surface area contributed by atoms with Crippen LogP contribution in [0, 0.1) is 5.41 Å². The fraction of sp³-hybridized carbons (Fsp3) is 0.222. The van der Waals surface area contributed by atoms with E-state index < -0.39 is 12.3 Å². The Labute approximate surface area is 381 Å². The molecule has 0 aromatic heterocycles. The number of hydrogen-bond donors (Lipinski definition) is 6. The van der Waals surface area contributed by atoms with Crippen LogP contribution in [0.15, 0.2) is 127 Å². The van der Waals surface area contributed by atoms with Crippen molar-refractivity contribution in [1.82, 2.24) is 0 Å². The molecule has 3 heterocycles. The summed E-state index contributed by atoms with van der Waals surface area (Å²) in [5.41, 5.74) is 6.78. The van der Waals surface area contributed by atoms with Gasteiger partial charge in [-0.05, 0) is 121 Å². The Morgan fingerprint density at radius 1 is 0.439 bits per heavy atom. The highest BCUT2D eigenvalue weighted by molar-refractivity contribution is 5.90. The van der Waals surface area contributed by atoms with E-state index in [1.54, 1.807) is 48.5 Å². The summed E-state index contributed by atoms with van der Waals surface area (Å²) in [6.45, 7) is 8.53. The van der Waals surface area contributed by atoms with Crippen molar-refractivity contribution in [3.63, 3.8) is 0 Å². The predicted octanol–water partition coefficient (Wildman–Crippen LogP) is 13.0. The minimum absolute atomic E-state index is 0.0233. The van der Waals surface area contributed by atoms with E-state index in [0.717, 1.165) is 64.5 Å². The monoisotopic (exact) mass is 900 g/mol. The molecule has 6 aromatic rings. The van der Waals surface area contributed by atoms with Crippen LogP contribution in [0.1, 0.15) is 80.3 Å². The normalized spacial score (nSPS) is 17.1. The van der Waals surface area contributed by atoms with E-state index in [1.165, 1.54) is 42.5 Å². The van der Waals surface area contributed by atoms with Gasteiger partial charge in [0.1, 0.15) is 64.0 Å². The molecule has 66 heavy (non-hydrogen) atoms. The summed E-state index contributed by atoms with van der Waals surface area (Å²) in [6.07, 6.45) is 1.81. The van der Waals surface area contributed by atoms with E-state index in [0.29, 0.717) is 16.9 Å². The van der Waals surface area contributed by atoms with Gasteiger partial charge in [-0.25, -0.2) is 0 Å². The Morgan fingerprint density at radius 2 is 0.773 bits per heavy atom. The fourth-order valence-corrected chi connectivity index (χ4v) is 7.77. The summed E-state index contributed by atoms with van der Waals surface area (Å²) in [5.74, 6) is 2.13. The third-order valence-electron chi connectivity index (χ3n) is 11.1. The van der Waals surface area contributed by atoms with Gasteiger partial charge in [-0.2, -0.15) is 13.2 Å². The molecule has 0 saturated carbocycles. The van der Waals surface area contributed by atoms with Gasteiger partial charge in [-0.1, -0.05) is 70.5 Å². The van der Waals surface area contributed by atoms with Gasteiger partial charge in [-0.3, -0.25) is 0 Å². The standard InChI is InChI=1S/2C19H20O3.C16H11F3O3/c1-19(2,3)18-16(12-4-7-14(20)8-5-12)10-13-6-9-15(21)11-17(13)22-18;1-2-3-4-18-17(13-5-8-15(20)9-6-13)11-14-7-10-16(21)12-19(14)22-18;17-16(18,19)15-13(9-1-4-11(20)5-2-9)7-10-3-6-12(21)8-14(10)22-15/h4-11,18,20-21H,1-3H3;5-12,18,20-21H,2-4H2,1H3;1-8,15,20-21H. The van der Waals surface area contributed by atoms with Gasteiger partial charge in [0.2, 0.25) is 6.10 Å². The van der Waals surface area contributed by atoms with Crippen LogP contribution in [0.5, 0.6) is 51.7 Å². The first-order valence-corrected chi connectivity index (χ1v) is 21.4. The highest BCUT2D eigenvalue weighted by atomic mass is 19.4. The lowest BCUT2D eigenvalue weighted by molar-refractivity contribution is -0.177. The summed E-state index contributed by atoms with van der Waals surface area (Å²) >= 11 is 0. The molecule has 3 aliphatic heterocycles. The van der Waals surface area contributed by atoms with Crippen molar-refractivity contribution in [1.29, 1.82) is 0 Å². The van der Waals surface area contributed by atoms with Crippen LogP contribution in [-0.2, 0) is 0 Å². The first-order chi connectivity index (χ1) is 31.4. The smallest absolute Gasteiger partial charge is 0.429 e. The number of fused-ring (bicyclic) bond motifs is 3. The number of aromatic hydroxyl groups is 6. The minimum atomic E-state index is -4.60. The second-order valence-electron chi connectivity index (χ2n) is 17.3. The fourth-order valence-electron chi connectivity index (χ4n) is 7.77. The summed E-state index contributed by atoms with van der Waals surface area (Å²) in [5, 5.41) is 56.9. The van der Waals surface area contributed by atoms with Gasteiger partial charge < -0.3 is 44.8 Å². The lowest BCUT2D eigenvalue weighted by Gasteiger charge is -2.36. The third kappa shape index (κ3) is 11.1. The van der Waals surface area contributed by atoms with Crippen molar-refractivity contribution in [3.05, 3.63) is 161 Å². The van der Waals surface area contributed by atoms with Gasteiger partial charge in [0, 0.05) is 57.0 Å². The van der Waals surface area contributed by atoms with E-state index in [-0.39, 0.29) is 63.4 Å². The molecule has 3 atom stereocenters. The molecule has 3 aliphatic rings. The van der Waals surface area contributed by atoms with Crippen molar-refractivity contribution in [2.75, 3.05) is 0 Å². The summed E-state index contributed by atoms with van der Waals surface area (Å²) < 4.78 is 57.2. The molecule has 0 aliphatic carbocycles. The molecule has 6 aromatic carbocycles. The molecule has 12 heteroatoms. The maximum Gasteiger partial charge on any atom is 0.429 e. The van der Waals surface area contributed by atoms with Gasteiger partial charge in [0.05, 0.1) is 0 Å². The van der Waals surface area contributed by atoms with Gasteiger partial charge in [0.15, 0.2) is 0 Å². The zero-order chi connectivity index (χ0) is 47.3. The Balaban J connectivity index is 0.000000147. The summed E-state index contributed by atoms with van der Waals surface area (Å²) in [7, 11) is 0. The summed E-state index contributed by atoms with van der Waals surface area (Å²) in [4.78, 5) is 0. The number of phenolic OH excluding ortho intramolecular Hbond substituents is 6. The van der Waals surface area contributed by atoms with Crippen molar-refractivity contribution in [3.8, 4) is 51.7 Å². The zero-order valence-electron chi connectivity index (χ0n) is 36.8. The van der Waals surface area contributed by atoms with Crippen LogP contribution in [0.4, 0.5) is 13.2 Å². The topological polar surface area (TPSA) is 149 Å². The van der Waals surface area contributed by atoms with Crippen molar-refractivity contribution < 1.29 is 58.0 Å². The SMILES string of the molecule is CC(C)(C)C1Oc2cc(O)ccc2C=C1c1ccc(O)cc1.CCCCC1Oc2cc(O)ccc2C=C1c1ccc(O)cc1.Oc1ccc(C2=Cc3ccc(O)cc3OC2C(F)(F)F)cc1. The summed E-state index contributed by atoms with van der Waals surface area (Å²) in [6, 6.07) is 34.2. The number of rotatable bonds is 6.